The first-order chi connectivity index (χ1) is 17.9. The summed E-state index contributed by atoms with van der Waals surface area (Å²) in [4.78, 5) is 28.7. The molecule has 192 valence electrons. The lowest BCUT2D eigenvalue weighted by atomic mass is 10.00. The number of carbonyl (C=O) groups is 2. The number of benzene rings is 3. The fraction of sp³-hybridized carbons (Fsp3) is 0.241. The summed E-state index contributed by atoms with van der Waals surface area (Å²) in [6.45, 7) is 2.24. The van der Waals surface area contributed by atoms with Crippen molar-refractivity contribution in [2.75, 3.05) is 20.3 Å². The third kappa shape index (κ3) is 5.96. The molecule has 0 aliphatic heterocycles. The summed E-state index contributed by atoms with van der Waals surface area (Å²) in [6.07, 6.45) is 3.16. The second-order valence-electron chi connectivity index (χ2n) is 8.75. The second kappa shape index (κ2) is 12.0. The van der Waals surface area contributed by atoms with Crippen molar-refractivity contribution in [3.8, 4) is 16.9 Å². The molecule has 1 heterocycles. The number of rotatable bonds is 10. The van der Waals surface area contributed by atoms with Crippen LogP contribution in [0.4, 0.5) is 0 Å². The molecular weight excluding hydrogens is 490 g/mol. The highest BCUT2D eigenvalue weighted by Gasteiger charge is 2.20. The van der Waals surface area contributed by atoms with E-state index in [1.54, 1.807) is 37.4 Å². The summed E-state index contributed by atoms with van der Waals surface area (Å²) in [6, 6.07) is 17.9. The number of amides is 2. The molecule has 0 aliphatic rings. The van der Waals surface area contributed by atoms with E-state index in [1.165, 1.54) is 0 Å². The average molecular weight is 520 g/mol. The molecule has 4 aromatic rings. The molecule has 0 radical (unpaired) electrons. The van der Waals surface area contributed by atoms with Crippen LogP contribution in [0.25, 0.3) is 22.0 Å². The van der Waals surface area contributed by atoms with Gasteiger partial charge in [-0.3, -0.25) is 9.59 Å². The van der Waals surface area contributed by atoms with E-state index in [9.17, 15) is 14.7 Å². The number of fused-ring (bicyclic) bond motifs is 1. The predicted octanol–water partition coefficient (Wildman–Crippen LogP) is 4.97. The van der Waals surface area contributed by atoms with Crippen LogP contribution in [0.2, 0.25) is 5.02 Å². The zero-order valence-corrected chi connectivity index (χ0v) is 21.6. The molecule has 4 rings (SSSR count). The van der Waals surface area contributed by atoms with Crippen molar-refractivity contribution in [1.82, 2.24) is 15.6 Å². The van der Waals surface area contributed by atoms with Crippen LogP contribution in [0.1, 0.15) is 39.6 Å². The quantitative estimate of drug-likeness (QED) is 0.237. The summed E-state index contributed by atoms with van der Waals surface area (Å²) < 4.78 is 5.86. The predicted molar refractivity (Wildman–Crippen MR) is 146 cm³/mol. The van der Waals surface area contributed by atoms with Gasteiger partial charge in [0.2, 0.25) is 0 Å². The second-order valence-corrected chi connectivity index (χ2v) is 9.16. The summed E-state index contributed by atoms with van der Waals surface area (Å²) in [5, 5.41) is 17.0. The molecule has 0 saturated heterocycles. The Hall–Kier alpha value is -3.81. The van der Waals surface area contributed by atoms with Crippen molar-refractivity contribution in [2.24, 2.45) is 0 Å². The van der Waals surface area contributed by atoms with Crippen molar-refractivity contribution in [3.05, 3.63) is 88.6 Å². The first kappa shape index (κ1) is 26.3. The molecular formula is C29H30ClN3O4. The van der Waals surface area contributed by atoms with E-state index in [4.69, 9.17) is 16.3 Å². The minimum absolute atomic E-state index is 0.216. The first-order valence-electron chi connectivity index (χ1n) is 12.2. The van der Waals surface area contributed by atoms with Crippen LogP contribution >= 0.6 is 11.6 Å². The Morgan fingerprint density at radius 2 is 1.78 bits per heavy atom. The van der Waals surface area contributed by atoms with Crippen LogP contribution in [-0.2, 0) is 6.42 Å². The molecule has 0 saturated carbocycles. The summed E-state index contributed by atoms with van der Waals surface area (Å²) in [5.41, 5.74) is 4.25. The van der Waals surface area contributed by atoms with E-state index in [2.05, 4.69) is 15.6 Å². The molecule has 8 heteroatoms. The minimum Gasteiger partial charge on any atom is -0.493 e. The maximum absolute atomic E-state index is 13.4. The van der Waals surface area contributed by atoms with E-state index in [-0.39, 0.29) is 18.4 Å². The van der Waals surface area contributed by atoms with Crippen LogP contribution in [0.5, 0.6) is 5.75 Å². The lowest BCUT2D eigenvalue weighted by molar-refractivity contribution is 0.0911. The molecule has 0 aliphatic carbocycles. The normalized spacial score (nSPS) is 11.8. The molecule has 37 heavy (non-hydrogen) atoms. The molecule has 0 fully saturated rings. The zero-order chi connectivity index (χ0) is 26.4. The lowest BCUT2D eigenvalue weighted by Gasteiger charge is -2.18. The Morgan fingerprint density at radius 3 is 2.51 bits per heavy atom. The number of nitrogens with one attached hydrogen (secondary N) is 3. The van der Waals surface area contributed by atoms with Crippen molar-refractivity contribution >= 4 is 34.3 Å². The van der Waals surface area contributed by atoms with Gasteiger partial charge >= 0.3 is 0 Å². The van der Waals surface area contributed by atoms with Gasteiger partial charge in [-0.15, -0.1) is 0 Å². The Balaban J connectivity index is 1.61. The fourth-order valence-corrected chi connectivity index (χ4v) is 4.50. The fourth-order valence-electron chi connectivity index (χ4n) is 4.23. The number of halogens is 1. The number of aliphatic hydroxyl groups is 1. The molecule has 4 N–H and O–H groups in total. The van der Waals surface area contributed by atoms with E-state index < -0.39 is 6.04 Å². The van der Waals surface area contributed by atoms with Gasteiger partial charge < -0.3 is 25.5 Å². The van der Waals surface area contributed by atoms with Gasteiger partial charge in [0.25, 0.3) is 11.8 Å². The third-order valence-corrected chi connectivity index (χ3v) is 6.47. The smallest absolute Gasteiger partial charge is 0.255 e. The number of aromatic amines is 1. The Kier molecular flexibility index (Phi) is 8.48. The van der Waals surface area contributed by atoms with Crippen molar-refractivity contribution in [3.63, 3.8) is 0 Å². The van der Waals surface area contributed by atoms with Crippen molar-refractivity contribution in [1.29, 1.82) is 0 Å². The monoisotopic (exact) mass is 519 g/mol. The van der Waals surface area contributed by atoms with Crippen molar-refractivity contribution < 1.29 is 19.4 Å². The van der Waals surface area contributed by atoms with Gasteiger partial charge in [0.1, 0.15) is 5.75 Å². The Labute approximate surface area is 220 Å². The zero-order valence-electron chi connectivity index (χ0n) is 20.8. The lowest BCUT2D eigenvalue weighted by Crippen LogP contribution is -2.39. The highest BCUT2D eigenvalue weighted by Crippen LogP contribution is 2.30. The maximum Gasteiger partial charge on any atom is 0.255 e. The van der Waals surface area contributed by atoms with Gasteiger partial charge in [0.15, 0.2) is 0 Å². The molecule has 0 bridgehead atoms. The number of para-hydroxylation sites is 1. The van der Waals surface area contributed by atoms with Gasteiger partial charge in [0, 0.05) is 24.1 Å². The van der Waals surface area contributed by atoms with E-state index >= 15 is 0 Å². The van der Waals surface area contributed by atoms with E-state index in [1.807, 2.05) is 43.5 Å². The molecule has 3 aromatic carbocycles. The SMILES string of the molecule is CCCOc1ccc(-c2ccc(C(=O)NC)c(Cl)c2)cc1C(=O)N[C@@H](CO)Cc1c[nH]c2ccccc12. The highest BCUT2D eigenvalue weighted by molar-refractivity contribution is 6.34. The topological polar surface area (TPSA) is 103 Å². The number of ether oxygens (including phenoxy) is 1. The summed E-state index contributed by atoms with van der Waals surface area (Å²) in [7, 11) is 1.55. The molecule has 2 amide bonds. The Morgan fingerprint density at radius 1 is 1.03 bits per heavy atom. The standard InChI is InChI=1S/C29H30ClN3O4/c1-3-12-37-27-11-9-18(19-8-10-23(25(30)15-19)28(35)31-2)14-24(27)29(36)33-21(17-34)13-20-16-32-26-7-5-4-6-22(20)26/h4-11,14-16,21,32,34H,3,12-13,17H2,1-2H3,(H,31,35)(H,33,36)/t21-/m1/s1. The number of H-pyrrole nitrogens is 1. The third-order valence-electron chi connectivity index (χ3n) is 6.16. The molecule has 1 aromatic heterocycles. The molecule has 0 spiro atoms. The summed E-state index contributed by atoms with van der Waals surface area (Å²) in [5.74, 6) is -0.162. The number of hydrogen-bond donors (Lipinski definition) is 4. The van der Waals surface area contributed by atoms with Crippen LogP contribution in [0.3, 0.4) is 0 Å². The van der Waals surface area contributed by atoms with E-state index in [0.717, 1.165) is 34.0 Å². The minimum atomic E-state index is -0.490. The number of carbonyl (C=O) groups excluding carboxylic acids is 2. The summed E-state index contributed by atoms with van der Waals surface area (Å²) >= 11 is 6.36. The Bertz CT molecular complexity index is 1420. The average Bonchev–Trinajstić information content (AvgIpc) is 3.33. The largest absolute Gasteiger partial charge is 0.493 e. The number of hydrogen-bond acceptors (Lipinski definition) is 4. The van der Waals surface area contributed by atoms with Gasteiger partial charge in [-0.25, -0.2) is 0 Å². The van der Waals surface area contributed by atoms with Crippen LogP contribution in [0, 0.1) is 0 Å². The molecule has 7 nitrogen and oxygen atoms in total. The van der Waals surface area contributed by atoms with Gasteiger partial charge in [-0.1, -0.05) is 48.9 Å². The molecule has 0 unspecified atom stereocenters. The van der Waals surface area contributed by atoms with Gasteiger partial charge in [0.05, 0.1) is 35.4 Å². The number of aliphatic hydroxyl groups excluding tert-OH is 1. The maximum atomic E-state index is 13.4. The first-order valence-corrected chi connectivity index (χ1v) is 12.6. The van der Waals surface area contributed by atoms with Gasteiger partial charge in [-0.05, 0) is 59.9 Å². The van der Waals surface area contributed by atoms with Crippen LogP contribution < -0.4 is 15.4 Å². The number of aromatic nitrogens is 1. The molecule has 1 atom stereocenters. The van der Waals surface area contributed by atoms with Crippen LogP contribution in [0.15, 0.2) is 66.9 Å². The van der Waals surface area contributed by atoms with Gasteiger partial charge in [-0.2, -0.15) is 0 Å². The van der Waals surface area contributed by atoms with Crippen LogP contribution in [-0.4, -0.2) is 48.2 Å². The van der Waals surface area contributed by atoms with E-state index in [0.29, 0.717) is 34.9 Å². The highest BCUT2D eigenvalue weighted by atomic mass is 35.5. The van der Waals surface area contributed by atoms with Crippen molar-refractivity contribution in [2.45, 2.75) is 25.8 Å².